The Kier molecular flexibility index (Phi) is 8.99. The number of nitrogens with one attached hydrogen (secondary N) is 1. The number of guanidine groups is 1. The molecule has 1 aliphatic heterocycles. The van der Waals surface area contributed by atoms with Gasteiger partial charge in [0.25, 0.3) is 0 Å². The highest BCUT2D eigenvalue weighted by Crippen LogP contribution is 2.33. The van der Waals surface area contributed by atoms with E-state index in [2.05, 4.69) is 63.1 Å². The number of nitrogens with zero attached hydrogens (tertiary/aromatic N) is 4. The quantitative estimate of drug-likeness (QED) is 0.268. The standard InChI is InChI=1S/C25H31N5O2.HI/c1-4-27-25(28-15-19-6-5-7-20(12-19)16-29-11-9-26-18-29)30-10-8-21-13-23(31-2)24(32-3)14-22(21)17-30;/h5-7,9,11-14,18H,4,8,10,15-17H2,1-3H3,(H,27,28);1H. The molecule has 2 heterocycles. The van der Waals surface area contributed by atoms with Gasteiger partial charge in [-0.15, -0.1) is 24.0 Å². The summed E-state index contributed by atoms with van der Waals surface area (Å²) in [5, 5.41) is 3.46. The monoisotopic (exact) mass is 561 g/mol. The van der Waals surface area contributed by atoms with E-state index in [0.29, 0.717) is 6.54 Å². The van der Waals surface area contributed by atoms with E-state index in [-0.39, 0.29) is 24.0 Å². The summed E-state index contributed by atoms with van der Waals surface area (Å²) < 4.78 is 13.0. The minimum Gasteiger partial charge on any atom is -0.493 e. The molecule has 0 aliphatic carbocycles. The van der Waals surface area contributed by atoms with Crippen LogP contribution in [0.15, 0.2) is 60.1 Å². The maximum absolute atomic E-state index is 5.50. The van der Waals surface area contributed by atoms with Crippen LogP contribution in [0.4, 0.5) is 0 Å². The van der Waals surface area contributed by atoms with Crippen LogP contribution in [0.5, 0.6) is 11.5 Å². The maximum atomic E-state index is 5.50. The van der Waals surface area contributed by atoms with Gasteiger partial charge in [0.15, 0.2) is 17.5 Å². The number of hydrogen-bond acceptors (Lipinski definition) is 4. The van der Waals surface area contributed by atoms with Gasteiger partial charge in [0.05, 0.1) is 27.1 Å². The number of rotatable bonds is 7. The number of fused-ring (bicyclic) bond motifs is 1. The molecular formula is C25H32IN5O2. The first kappa shape index (κ1) is 24.9. The van der Waals surface area contributed by atoms with Gasteiger partial charge in [0.1, 0.15) is 0 Å². The summed E-state index contributed by atoms with van der Waals surface area (Å²) in [5.41, 5.74) is 5.00. The number of hydrogen-bond donors (Lipinski definition) is 1. The van der Waals surface area contributed by atoms with Gasteiger partial charge < -0.3 is 24.3 Å². The Morgan fingerprint density at radius 1 is 1.09 bits per heavy atom. The van der Waals surface area contributed by atoms with Gasteiger partial charge in [-0.05, 0) is 47.7 Å². The lowest BCUT2D eigenvalue weighted by atomic mass is 9.99. The number of ether oxygens (including phenoxy) is 2. The van der Waals surface area contributed by atoms with Crippen LogP contribution in [0.2, 0.25) is 0 Å². The minimum atomic E-state index is 0. The van der Waals surface area contributed by atoms with Gasteiger partial charge in [-0.2, -0.15) is 0 Å². The van der Waals surface area contributed by atoms with Crippen molar-refractivity contribution in [3.8, 4) is 11.5 Å². The second-order valence-electron chi connectivity index (χ2n) is 7.87. The van der Waals surface area contributed by atoms with Crippen molar-refractivity contribution in [1.82, 2.24) is 19.8 Å². The summed E-state index contributed by atoms with van der Waals surface area (Å²) in [6.45, 7) is 6.08. The van der Waals surface area contributed by atoms with E-state index in [1.807, 2.05) is 12.5 Å². The molecule has 0 radical (unpaired) electrons. The minimum absolute atomic E-state index is 0. The van der Waals surface area contributed by atoms with Crippen LogP contribution in [-0.2, 0) is 26.1 Å². The summed E-state index contributed by atoms with van der Waals surface area (Å²) in [5.74, 6) is 2.49. The molecule has 1 aliphatic rings. The highest BCUT2D eigenvalue weighted by molar-refractivity contribution is 14.0. The molecule has 1 N–H and O–H groups in total. The third-order valence-electron chi connectivity index (χ3n) is 5.68. The Hall–Kier alpha value is -2.75. The number of halogens is 1. The van der Waals surface area contributed by atoms with Crippen molar-refractivity contribution in [2.75, 3.05) is 27.3 Å². The molecule has 2 aromatic carbocycles. The summed E-state index contributed by atoms with van der Waals surface area (Å²) in [7, 11) is 3.36. The summed E-state index contributed by atoms with van der Waals surface area (Å²) in [6, 6.07) is 12.8. The molecule has 33 heavy (non-hydrogen) atoms. The SMILES string of the molecule is CCNC(=NCc1cccc(Cn2ccnc2)c1)N1CCc2cc(OC)c(OC)cc2C1.I. The molecule has 0 saturated carbocycles. The summed E-state index contributed by atoms with van der Waals surface area (Å²) in [6.07, 6.45) is 6.57. The molecule has 176 valence electrons. The molecule has 8 heteroatoms. The van der Waals surface area contributed by atoms with Crippen molar-refractivity contribution in [2.45, 2.75) is 33.0 Å². The molecule has 1 aromatic heterocycles. The lowest BCUT2D eigenvalue weighted by molar-refractivity contribution is 0.346. The zero-order valence-corrected chi connectivity index (χ0v) is 21.8. The number of aromatic nitrogens is 2. The molecule has 0 spiro atoms. The first-order valence-electron chi connectivity index (χ1n) is 11.0. The van der Waals surface area contributed by atoms with E-state index in [1.54, 1.807) is 20.4 Å². The van der Waals surface area contributed by atoms with Gasteiger partial charge in [-0.3, -0.25) is 0 Å². The highest BCUT2D eigenvalue weighted by Gasteiger charge is 2.21. The fraction of sp³-hybridized carbons (Fsp3) is 0.360. The third-order valence-corrected chi connectivity index (χ3v) is 5.68. The van der Waals surface area contributed by atoms with Gasteiger partial charge in [-0.25, -0.2) is 9.98 Å². The number of aliphatic imine (C=N–C) groups is 1. The van der Waals surface area contributed by atoms with Crippen molar-refractivity contribution >= 4 is 29.9 Å². The second-order valence-corrected chi connectivity index (χ2v) is 7.87. The first-order valence-corrected chi connectivity index (χ1v) is 11.0. The van der Waals surface area contributed by atoms with Crippen molar-refractivity contribution in [1.29, 1.82) is 0 Å². The van der Waals surface area contributed by atoms with Crippen LogP contribution in [0.25, 0.3) is 0 Å². The Morgan fingerprint density at radius 3 is 2.55 bits per heavy atom. The molecule has 0 unspecified atom stereocenters. The van der Waals surface area contributed by atoms with Crippen molar-refractivity contribution in [3.05, 3.63) is 77.4 Å². The molecule has 0 amide bonds. The van der Waals surface area contributed by atoms with E-state index >= 15 is 0 Å². The van der Waals surface area contributed by atoms with Gasteiger partial charge in [0.2, 0.25) is 0 Å². The first-order chi connectivity index (χ1) is 15.7. The van der Waals surface area contributed by atoms with Crippen LogP contribution in [0, 0.1) is 0 Å². The molecule has 4 rings (SSSR count). The molecule has 0 fully saturated rings. The average Bonchev–Trinajstić information content (AvgIpc) is 3.33. The summed E-state index contributed by atoms with van der Waals surface area (Å²) in [4.78, 5) is 11.4. The van der Waals surface area contributed by atoms with Crippen molar-refractivity contribution in [2.24, 2.45) is 4.99 Å². The van der Waals surface area contributed by atoms with E-state index in [0.717, 1.165) is 50.1 Å². The third kappa shape index (κ3) is 6.19. The Bertz CT molecular complexity index is 1070. The summed E-state index contributed by atoms with van der Waals surface area (Å²) >= 11 is 0. The Labute approximate surface area is 212 Å². The van der Waals surface area contributed by atoms with Crippen LogP contribution in [0.3, 0.4) is 0 Å². The predicted molar refractivity (Wildman–Crippen MR) is 142 cm³/mol. The van der Waals surface area contributed by atoms with E-state index < -0.39 is 0 Å². The molecular weight excluding hydrogens is 529 g/mol. The topological polar surface area (TPSA) is 63.9 Å². The van der Waals surface area contributed by atoms with E-state index in [1.165, 1.54) is 22.3 Å². The van der Waals surface area contributed by atoms with Crippen LogP contribution >= 0.6 is 24.0 Å². The second kappa shape index (κ2) is 11.9. The Morgan fingerprint density at radius 2 is 1.85 bits per heavy atom. The van der Waals surface area contributed by atoms with Crippen LogP contribution in [-0.4, -0.2) is 47.7 Å². The predicted octanol–water partition coefficient (Wildman–Crippen LogP) is 4.09. The lowest BCUT2D eigenvalue weighted by Crippen LogP contribution is -2.44. The van der Waals surface area contributed by atoms with Crippen molar-refractivity contribution < 1.29 is 9.47 Å². The zero-order chi connectivity index (χ0) is 22.3. The van der Waals surface area contributed by atoms with Crippen LogP contribution < -0.4 is 14.8 Å². The molecule has 3 aromatic rings. The molecule has 0 bridgehead atoms. The fourth-order valence-corrected chi connectivity index (χ4v) is 4.07. The van der Waals surface area contributed by atoms with Gasteiger partial charge in [0, 0.05) is 38.6 Å². The smallest absolute Gasteiger partial charge is 0.194 e. The average molecular weight is 561 g/mol. The van der Waals surface area contributed by atoms with Gasteiger partial charge in [-0.1, -0.05) is 24.3 Å². The van der Waals surface area contributed by atoms with Gasteiger partial charge >= 0.3 is 0 Å². The van der Waals surface area contributed by atoms with Crippen LogP contribution in [0.1, 0.15) is 29.2 Å². The highest BCUT2D eigenvalue weighted by atomic mass is 127. The molecule has 7 nitrogen and oxygen atoms in total. The van der Waals surface area contributed by atoms with E-state index in [4.69, 9.17) is 14.5 Å². The largest absolute Gasteiger partial charge is 0.493 e. The van der Waals surface area contributed by atoms with Crippen molar-refractivity contribution in [3.63, 3.8) is 0 Å². The normalized spacial score (nSPS) is 13.2. The number of benzene rings is 2. The molecule has 0 atom stereocenters. The Balaban J connectivity index is 0.00000306. The zero-order valence-electron chi connectivity index (χ0n) is 19.5. The number of imidazole rings is 1. The fourth-order valence-electron chi connectivity index (χ4n) is 4.07. The maximum Gasteiger partial charge on any atom is 0.194 e. The lowest BCUT2D eigenvalue weighted by Gasteiger charge is -2.32. The molecule has 0 saturated heterocycles. The number of methoxy groups -OCH3 is 2. The van der Waals surface area contributed by atoms with E-state index in [9.17, 15) is 0 Å².